The molecule has 2 amide bonds. The minimum Gasteiger partial charge on any atom is -0.382 e. The summed E-state index contributed by atoms with van der Waals surface area (Å²) in [5.41, 5.74) is 0.745. The lowest BCUT2D eigenvalue weighted by Crippen LogP contribution is -2.65. The number of carbonyl (C=O) groups excluding carboxylic acids is 2. The van der Waals surface area contributed by atoms with E-state index < -0.39 is 5.54 Å². The van der Waals surface area contributed by atoms with Gasteiger partial charge in [0.25, 0.3) is 5.91 Å². The quantitative estimate of drug-likeness (QED) is 0.646. The highest BCUT2D eigenvalue weighted by atomic mass is 16.5. The van der Waals surface area contributed by atoms with E-state index >= 15 is 0 Å². The molecule has 1 aromatic heterocycles. The first-order valence-corrected chi connectivity index (χ1v) is 12.3. The molecule has 2 heterocycles. The maximum atomic E-state index is 13.7. The molecule has 4 rings (SSSR count). The second-order valence-corrected chi connectivity index (χ2v) is 9.47. The summed E-state index contributed by atoms with van der Waals surface area (Å²) in [6, 6.07) is 10.2. The van der Waals surface area contributed by atoms with Gasteiger partial charge >= 0.3 is 0 Å². The standard InChI is InChI=1S/C26H37N3O3/c1-3-32-17-11-16-29-24(30)23-18-20-12-9-10-15-22(20)28(23)19-26(29,2)25(31)27-21-13-7-5-4-6-8-14-21/h9-10,12,15,18,21H,3-8,11,13-14,16-17,19H2,1-2H3,(H,27,31)/t26-/m0/s1. The Morgan fingerprint density at radius 3 is 2.62 bits per heavy atom. The van der Waals surface area contributed by atoms with E-state index in [4.69, 9.17) is 4.74 Å². The predicted octanol–water partition coefficient (Wildman–Crippen LogP) is 4.51. The van der Waals surface area contributed by atoms with Crippen molar-refractivity contribution in [2.75, 3.05) is 19.8 Å². The summed E-state index contributed by atoms with van der Waals surface area (Å²) in [5.74, 6) is -0.101. The van der Waals surface area contributed by atoms with Gasteiger partial charge in [0.1, 0.15) is 11.2 Å². The van der Waals surface area contributed by atoms with Crippen molar-refractivity contribution in [2.24, 2.45) is 0 Å². The monoisotopic (exact) mass is 439 g/mol. The number of fused-ring (bicyclic) bond motifs is 3. The van der Waals surface area contributed by atoms with E-state index in [1.807, 2.05) is 48.7 Å². The van der Waals surface area contributed by atoms with Gasteiger partial charge in [0, 0.05) is 36.7 Å². The second-order valence-electron chi connectivity index (χ2n) is 9.47. The molecule has 1 fully saturated rings. The molecule has 0 unspecified atom stereocenters. The van der Waals surface area contributed by atoms with Crippen LogP contribution in [0.3, 0.4) is 0 Å². The van der Waals surface area contributed by atoms with E-state index in [1.165, 1.54) is 19.3 Å². The largest absolute Gasteiger partial charge is 0.382 e. The van der Waals surface area contributed by atoms with Crippen LogP contribution in [-0.4, -0.2) is 52.6 Å². The van der Waals surface area contributed by atoms with Crippen LogP contribution in [0.2, 0.25) is 0 Å². The Labute approximate surface area is 191 Å². The summed E-state index contributed by atoms with van der Waals surface area (Å²) in [6.07, 6.45) is 8.86. The van der Waals surface area contributed by atoms with Gasteiger partial charge in [-0.25, -0.2) is 0 Å². The highest BCUT2D eigenvalue weighted by Gasteiger charge is 2.47. The van der Waals surface area contributed by atoms with Crippen LogP contribution in [0.15, 0.2) is 30.3 Å². The minimum absolute atomic E-state index is 0.0312. The SMILES string of the molecule is CCOCCCN1C(=O)c2cc3ccccc3n2C[C@@]1(C)C(=O)NC1CCCCCCC1. The normalized spacial score (nSPS) is 22.4. The Hall–Kier alpha value is -2.34. The molecule has 1 saturated carbocycles. The van der Waals surface area contributed by atoms with Crippen LogP contribution in [0, 0.1) is 0 Å². The fourth-order valence-electron chi connectivity index (χ4n) is 5.27. The fraction of sp³-hybridized carbons (Fsp3) is 0.615. The van der Waals surface area contributed by atoms with E-state index in [-0.39, 0.29) is 17.9 Å². The number of rotatable bonds is 7. The molecule has 32 heavy (non-hydrogen) atoms. The van der Waals surface area contributed by atoms with Crippen molar-refractivity contribution in [1.82, 2.24) is 14.8 Å². The molecule has 1 aliphatic carbocycles. The van der Waals surface area contributed by atoms with Crippen molar-refractivity contribution < 1.29 is 14.3 Å². The van der Waals surface area contributed by atoms with Crippen LogP contribution < -0.4 is 5.32 Å². The van der Waals surface area contributed by atoms with Gasteiger partial charge in [-0.15, -0.1) is 0 Å². The lowest BCUT2D eigenvalue weighted by atomic mass is 9.92. The van der Waals surface area contributed by atoms with Gasteiger partial charge < -0.3 is 19.5 Å². The molecule has 6 nitrogen and oxygen atoms in total. The Morgan fingerprint density at radius 1 is 1.16 bits per heavy atom. The molecule has 2 aliphatic rings. The van der Waals surface area contributed by atoms with Crippen molar-refractivity contribution in [1.29, 1.82) is 0 Å². The fourth-order valence-corrected chi connectivity index (χ4v) is 5.27. The van der Waals surface area contributed by atoms with E-state index in [2.05, 4.69) is 5.32 Å². The average Bonchev–Trinajstić information content (AvgIpc) is 3.13. The Balaban J connectivity index is 1.62. The Bertz CT molecular complexity index is 945. The number of carbonyl (C=O) groups is 2. The van der Waals surface area contributed by atoms with Crippen molar-refractivity contribution in [2.45, 2.75) is 83.3 Å². The number of aromatic nitrogens is 1. The summed E-state index contributed by atoms with van der Waals surface area (Å²) >= 11 is 0. The third kappa shape index (κ3) is 4.56. The highest BCUT2D eigenvalue weighted by Crippen LogP contribution is 2.33. The predicted molar refractivity (Wildman–Crippen MR) is 127 cm³/mol. The van der Waals surface area contributed by atoms with Crippen LogP contribution in [0.5, 0.6) is 0 Å². The van der Waals surface area contributed by atoms with E-state index in [9.17, 15) is 9.59 Å². The topological polar surface area (TPSA) is 63.6 Å². The van der Waals surface area contributed by atoms with Crippen molar-refractivity contribution in [3.8, 4) is 0 Å². The molecule has 1 aliphatic heterocycles. The van der Waals surface area contributed by atoms with Crippen LogP contribution in [0.4, 0.5) is 0 Å². The zero-order chi connectivity index (χ0) is 22.6. The molecule has 1 N–H and O–H groups in total. The van der Waals surface area contributed by atoms with E-state index in [0.717, 1.165) is 36.6 Å². The number of para-hydroxylation sites is 1. The summed E-state index contributed by atoms with van der Waals surface area (Å²) in [5, 5.41) is 4.38. The van der Waals surface area contributed by atoms with Crippen molar-refractivity contribution >= 4 is 22.7 Å². The van der Waals surface area contributed by atoms with Gasteiger partial charge in [-0.2, -0.15) is 0 Å². The summed E-state index contributed by atoms with van der Waals surface area (Å²) in [7, 11) is 0. The molecule has 6 heteroatoms. The van der Waals surface area contributed by atoms with Gasteiger partial charge in [0.2, 0.25) is 5.91 Å². The summed E-state index contributed by atoms with van der Waals surface area (Å²) in [6.45, 7) is 6.12. The molecule has 0 bridgehead atoms. The van der Waals surface area contributed by atoms with Gasteiger partial charge in [-0.1, -0.05) is 50.3 Å². The molecule has 0 spiro atoms. The lowest BCUT2D eigenvalue weighted by molar-refractivity contribution is -0.133. The molecule has 2 aromatic rings. The van der Waals surface area contributed by atoms with Crippen LogP contribution in [0.25, 0.3) is 10.9 Å². The van der Waals surface area contributed by atoms with Crippen molar-refractivity contribution in [3.05, 3.63) is 36.0 Å². The second kappa shape index (κ2) is 10.1. The maximum absolute atomic E-state index is 13.7. The lowest BCUT2D eigenvalue weighted by Gasteiger charge is -2.44. The van der Waals surface area contributed by atoms with Gasteiger partial charge in [-0.3, -0.25) is 9.59 Å². The van der Waals surface area contributed by atoms with Crippen LogP contribution >= 0.6 is 0 Å². The van der Waals surface area contributed by atoms with E-state index in [0.29, 0.717) is 38.4 Å². The van der Waals surface area contributed by atoms with Gasteiger partial charge in [0.05, 0.1) is 6.54 Å². The maximum Gasteiger partial charge on any atom is 0.271 e. The Morgan fingerprint density at radius 2 is 1.88 bits per heavy atom. The zero-order valence-electron chi connectivity index (χ0n) is 19.6. The molecular weight excluding hydrogens is 402 g/mol. The molecule has 0 radical (unpaired) electrons. The number of amides is 2. The highest BCUT2D eigenvalue weighted by molar-refractivity contribution is 6.03. The Kier molecular flexibility index (Phi) is 7.19. The first-order valence-electron chi connectivity index (χ1n) is 12.3. The first kappa shape index (κ1) is 22.8. The minimum atomic E-state index is -0.930. The summed E-state index contributed by atoms with van der Waals surface area (Å²) < 4.78 is 7.55. The van der Waals surface area contributed by atoms with Crippen LogP contribution in [0.1, 0.15) is 75.7 Å². The van der Waals surface area contributed by atoms with Crippen LogP contribution in [-0.2, 0) is 16.1 Å². The average molecular weight is 440 g/mol. The number of nitrogens with zero attached hydrogens (tertiary/aromatic N) is 2. The van der Waals surface area contributed by atoms with Gasteiger partial charge in [-0.05, 0) is 45.2 Å². The molecule has 1 aromatic carbocycles. The smallest absolute Gasteiger partial charge is 0.271 e. The van der Waals surface area contributed by atoms with Crippen molar-refractivity contribution in [3.63, 3.8) is 0 Å². The first-order chi connectivity index (χ1) is 15.5. The third-order valence-corrected chi connectivity index (χ3v) is 7.14. The number of nitrogens with one attached hydrogen (secondary N) is 1. The zero-order valence-corrected chi connectivity index (χ0v) is 19.6. The molecule has 1 atom stereocenters. The number of hydrogen-bond acceptors (Lipinski definition) is 3. The molecule has 174 valence electrons. The van der Waals surface area contributed by atoms with Gasteiger partial charge in [0.15, 0.2) is 0 Å². The molecular formula is C26H37N3O3. The van der Waals surface area contributed by atoms with E-state index in [1.54, 1.807) is 4.90 Å². The number of benzene rings is 1. The summed E-state index contributed by atoms with van der Waals surface area (Å²) in [4.78, 5) is 29.2. The third-order valence-electron chi connectivity index (χ3n) is 7.14. The molecule has 0 saturated heterocycles. The number of hydrogen-bond donors (Lipinski definition) is 1. The number of ether oxygens (including phenoxy) is 1.